The summed E-state index contributed by atoms with van der Waals surface area (Å²) < 4.78 is 51.7. The van der Waals surface area contributed by atoms with Crippen molar-refractivity contribution in [2.45, 2.75) is 20.2 Å². The second-order valence-electron chi connectivity index (χ2n) is 7.72. The van der Waals surface area contributed by atoms with Crippen LogP contribution in [0, 0.1) is 0 Å². The first-order valence-corrected chi connectivity index (χ1v) is 11.3. The maximum atomic E-state index is 13.0. The van der Waals surface area contributed by atoms with Crippen molar-refractivity contribution in [2.75, 3.05) is 51.3 Å². The van der Waals surface area contributed by atoms with E-state index in [2.05, 4.69) is 10.1 Å². The number of amides is 2. The summed E-state index contributed by atoms with van der Waals surface area (Å²) >= 11 is 0. The molecule has 11 heteroatoms. The predicted molar refractivity (Wildman–Crippen MR) is 123 cm³/mol. The number of alkyl halides is 3. The summed E-state index contributed by atoms with van der Waals surface area (Å²) in [6.45, 7) is 6.68. The highest BCUT2D eigenvalue weighted by Crippen LogP contribution is 2.29. The first-order chi connectivity index (χ1) is 16.7. The lowest BCUT2D eigenvalue weighted by atomic mass is 10.1. The van der Waals surface area contributed by atoms with Gasteiger partial charge in [0.1, 0.15) is 5.75 Å². The van der Waals surface area contributed by atoms with E-state index in [1.54, 1.807) is 23.1 Å². The molecule has 35 heavy (non-hydrogen) atoms. The lowest BCUT2D eigenvalue weighted by Gasteiger charge is -2.34. The number of hydrogen-bond donors (Lipinski definition) is 1. The van der Waals surface area contributed by atoms with Gasteiger partial charge in [0.2, 0.25) is 5.91 Å². The number of benzene rings is 2. The molecule has 1 heterocycles. The Hall–Kier alpha value is -3.47. The van der Waals surface area contributed by atoms with E-state index in [0.29, 0.717) is 62.1 Å². The van der Waals surface area contributed by atoms with Gasteiger partial charge in [-0.1, -0.05) is 0 Å². The highest BCUT2D eigenvalue weighted by Gasteiger charge is 2.31. The Morgan fingerprint density at radius 2 is 1.54 bits per heavy atom. The molecule has 190 valence electrons. The fourth-order valence-electron chi connectivity index (χ4n) is 3.62. The van der Waals surface area contributed by atoms with Crippen molar-refractivity contribution in [3.8, 4) is 17.2 Å². The summed E-state index contributed by atoms with van der Waals surface area (Å²) in [6, 6.07) is 10.1. The molecule has 0 unspecified atom stereocenters. The monoisotopic (exact) mass is 495 g/mol. The Bertz CT molecular complexity index is 1010. The fourth-order valence-corrected chi connectivity index (χ4v) is 3.62. The second-order valence-corrected chi connectivity index (χ2v) is 7.72. The zero-order chi connectivity index (χ0) is 25.4. The third-order valence-corrected chi connectivity index (χ3v) is 5.19. The van der Waals surface area contributed by atoms with Gasteiger partial charge in [0.15, 0.2) is 11.5 Å². The number of anilines is 1. The van der Waals surface area contributed by atoms with Crippen LogP contribution in [0.2, 0.25) is 0 Å². The molecule has 0 spiro atoms. The largest absolute Gasteiger partial charge is 0.573 e. The van der Waals surface area contributed by atoms with Crippen LogP contribution in [0.4, 0.5) is 18.9 Å². The Kier molecular flexibility index (Phi) is 8.80. The summed E-state index contributed by atoms with van der Waals surface area (Å²) in [5.74, 6) is 0.316. The zero-order valence-electron chi connectivity index (χ0n) is 19.6. The van der Waals surface area contributed by atoms with Crippen molar-refractivity contribution < 1.29 is 37.0 Å². The molecule has 0 aliphatic carbocycles. The molecule has 0 aromatic heterocycles. The molecule has 1 N–H and O–H groups in total. The standard InChI is InChI=1S/C24H28F3N3O5/c1-3-33-20-10-5-17(15-21(20)34-4-2)23(32)30-13-11-29(12-14-30)16-22(31)28-18-6-8-19(9-7-18)35-24(25,26)27/h5-10,15H,3-4,11-14,16H2,1-2H3,(H,28,31). The van der Waals surface area contributed by atoms with Crippen LogP contribution in [-0.2, 0) is 4.79 Å². The van der Waals surface area contributed by atoms with Gasteiger partial charge in [-0.05, 0) is 56.3 Å². The number of halogens is 3. The van der Waals surface area contributed by atoms with Crippen LogP contribution >= 0.6 is 0 Å². The number of rotatable bonds is 9. The van der Waals surface area contributed by atoms with Gasteiger partial charge in [-0.2, -0.15) is 0 Å². The summed E-state index contributed by atoms with van der Waals surface area (Å²) in [5.41, 5.74) is 0.861. The summed E-state index contributed by atoms with van der Waals surface area (Å²) in [6.07, 6.45) is -4.77. The zero-order valence-corrected chi connectivity index (χ0v) is 19.6. The minimum Gasteiger partial charge on any atom is -0.490 e. The molecule has 1 aliphatic heterocycles. The first-order valence-electron chi connectivity index (χ1n) is 11.3. The van der Waals surface area contributed by atoms with Crippen molar-refractivity contribution in [3.05, 3.63) is 48.0 Å². The average Bonchev–Trinajstić information content (AvgIpc) is 2.81. The Labute approximate surface area is 201 Å². The van der Waals surface area contributed by atoms with E-state index in [0.717, 1.165) is 12.1 Å². The van der Waals surface area contributed by atoms with E-state index >= 15 is 0 Å². The van der Waals surface area contributed by atoms with E-state index in [9.17, 15) is 22.8 Å². The van der Waals surface area contributed by atoms with Gasteiger partial charge in [-0.25, -0.2) is 0 Å². The molecule has 1 aliphatic rings. The van der Waals surface area contributed by atoms with E-state index in [4.69, 9.17) is 9.47 Å². The molecule has 8 nitrogen and oxygen atoms in total. The van der Waals surface area contributed by atoms with Gasteiger partial charge >= 0.3 is 6.36 Å². The molecular formula is C24H28F3N3O5. The van der Waals surface area contributed by atoms with Crippen LogP contribution in [0.15, 0.2) is 42.5 Å². The van der Waals surface area contributed by atoms with Crippen molar-refractivity contribution in [1.29, 1.82) is 0 Å². The lowest BCUT2D eigenvalue weighted by molar-refractivity contribution is -0.274. The summed E-state index contributed by atoms with van der Waals surface area (Å²) in [7, 11) is 0. The maximum Gasteiger partial charge on any atom is 0.573 e. The Morgan fingerprint density at radius 3 is 2.14 bits per heavy atom. The van der Waals surface area contributed by atoms with Gasteiger partial charge in [0.25, 0.3) is 5.91 Å². The first kappa shape index (κ1) is 26.1. The van der Waals surface area contributed by atoms with Crippen molar-refractivity contribution in [3.63, 3.8) is 0 Å². The molecule has 1 fully saturated rings. The molecule has 0 bridgehead atoms. The Morgan fingerprint density at radius 1 is 0.914 bits per heavy atom. The van der Waals surface area contributed by atoms with E-state index in [1.165, 1.54) is 12.1 Å². The van der Waals surface area contributed by atoms with Crippen LogP contribution in [0.5, 0.6) is 17.2 Å². The lowest BCUT2D eigenvalue weighted by Crippen LogP contribution is -2.50. The second kappa shape index (κ2) is 11.8. The van der Waals surface area contributed by atoms with Gasteiger partial charge in [0, 0.05) is 37.4 Å². The molecular weight excluding hydrogens is 467 g/mol. The number of hydrogen-bond acceptors (Lipinski definition) is 6. The highest BCUT2D eigenvalue weighted by molar-refractivity contribution is 5.95. The number of carbonyl (C=O) groups is 2. The smallest absolute Gasteiger partial charge is 0.490 e. The van der Waals surface area contributed by atoms with Crippen molar-refractivity contribution in [1.82, 2.24) is 9.80 Å². The topological polar surface area (TPSA) is 80.3 Å². The molecule has 0 atom stereocenters. The van der Waals surface area contributed by atoms with E-state index in [1.807, 2.05) is 18.7 Å². The average molecular weight is 495 g/mol. The normalized spacial score (nSPS) is 14.4. The molecule has 1 saturated heterocycles. The predicted octanol–water partition coefficient (Wildman–Crippen LogP) is 3.78. The molecule has 3 rings (SSSR count). The highest BCUT2D eigenvalue weighted by atomic mass is 19.4. The Balaban J connectivity index is 1.49. The van der Waals surface area contributed by atoms with Gasteiger partial charge in [-0.15, -0.1) is 13.2 Å². The van der Waals surface area contributed by atoms with Gasteiger partial charge in [-0.3, -0.25) is 14.5 Å². The number of nitrogens with one attached hydrogen (secondary N) is 1. The molecule has 2 aromatic carbocycles. The van der Waals surface area contributed by atoms with Crippen LogP contribution < -0.4 is 19.5 Å². The van der Waals surface area contributed by atoms with Gasteiger partial charge in [0.05, 0.1) is 19.8 Å². The fraction of sp³-hybridized carbons (Fsp3) is 0.417. The number of carbonyl (C=O) groups excluding carboxylic acids is 2. The summed E-state index contributed by atoms with van der Waals surface area (Å²) in [5, 5.41) is 2.65. The summed E-state index contributed by atoms with van der Waals surface area (Å²) in [4.78, 5) is 28.9. The third kappa shape index (κ3) is 7.78. The SMILES string of the molecule is CCOc1ccc(C(=O)N2CCN(CC(=O)Nc3ccc(OC(F)(F)F)cc3)CC2)cc1OCC. The molecule has 0 radical (unpaired) electrons. The van der Waals surface area contributed by atoms with Gasteiger partial charge < -0.3 is 24.4 Å². The van der Waals surface area contributed by atoms with E-state index < -0.39 is 6.36 Å². The third-order valence-electron chi connectivity index (χ3n) is 5.19. The van der Waals surface area contributed by atoms with Crippen LogP contribution in [-0.4, -0.2) is 73.9 Å². The van der Waals surface area contributed by atoms with Crippen molar-refractivity contribution in [2.24, 2.45) is 0 Å². The van der Waals surface area contributed by atoms with E-state index in [-0.39, 0.29) is 24.1 Å². The molecule has 0 saturated carbocycles. The van der Waals surface area contributed by atoms with Crippen LogP contribution in [0.1, 0.15) is 24.2 Å². The number of ether oxygens (including phenoxy) is 3. The van der Waals surface area contributed by atoms with Crippen LogP contribution in [0.3, 0.4) is 0 Å². The van der Waals surface area contributed by atoms with Crippen LogP contribution in [0.25, 0.3) is 0 Å². The maximum absolute atomic E-state index is 13.0. The quantitative estimate of drug-likeness (QED) is 0.571. The molecule has 2 amide bonds. The molecule has 2 aromatic rings. The minimum atomic E-state index is -4.77. The number of piperazine rings is 1. The number of nitrogens with zero attached hydrogens (tertiary/aromatic N) is 2. The van der Waals surface area contributed by atoms with Crippen molar-refractivity contribution >= 4 is 17.5 Å². The minimum absolute atomic E-state index is 0.0976.